The maximum absolute atomic E-state index is 12.6. The lowest BCUT2D eigenvalue weighted by molar-refractivity contribution is -0.384. The third-order valence-corrected chi connectivity index (χ3v) is 5.75. The van der Waals surface area contributed by atoms with Crippen molar-refractivity contribution in [2.24, 2.45) is 0 Å². The first-order chi connectivity index (χ1) is 16.5. The van der Waals surface area contributed by atoms with Crippen LogP contribution in [0.25, 0.3) is 11.1 Å². The molecule has 1 aromatic heterocycles. The zero-order chi connectivity index (χ0) is 25.8. The Morgan fingerprint density at radius 2 is 1.86 bits per heavy atom. The highest BCUT2D eigenvalue weighted by atomic mass is 32.1. The number of carbonyl (C=O) groups excluding carboxylic acids is 1. The van der Waals surface area contributed by atoms with Gasteiger partial charge in [0.1, 0.15) is 16.3 Å². The van der Waals surface area contributed by atoms with Crippen LogP contribution in [0.15, 0.2) is 48.5 Å². The van der Waals surface area contributed by atoms with Crippen LogP contribution in [0.4, 0.5) is 29.5 Å². The Morgan fingerprint density at radius 3 is 2.46 bits per heavy atom. The molecule has 0 atom stereocenters. The van der Waals surface area contributed by atoms with Gasteiger partial charge in [-0.1, -0.05) is 30.3 Å². The molecule has 0 radical (unpaired) electrons. The molecular weight excluding hydrogens is 507 g/mol. The van der Waals surface area contributed by atoms with E-state index in [4.69, 9.17) is 17.0 Å². The zero-order valence-corrected chi connectivity index (χ0v) is 19.9. The van der Waals surface area contributed by atoms with Gasteiger partial charge in [0.25, 0.3) is 5.69 Å². The molecule has 0 fully saturated rings. The van der Waals surface area contributed by atoms with Crippen LogP contribution in [0, 0.1) is 17.0 Å². The summed E-state index contributed by atoms with van der Waals surface area (Å²) < 4.78 is 47.1. The molecular formula is C22H18F3N3O5S2. The number of rotatable bonds is 7. The lowest BCUT2D eigenvalue weighted by Crippen LogP contribution is -2.21. The van der Waals surface area contributed by atoms with Crippen molar-refractivity contribution < 1.29 is 32.4 Å². The van der Waals surface area contributed by atoms with Gasteiger partial charge in [0, 0.05) is 22.6 Å². The van der Waals surface area contributed by atoms with E-state index in [1.165, 1.54) is 18.4 Å². The minimum absolute atomic E-state index is 0.0186. The topological polar surface area (TPSA) is 103 Å². The van der Waals surface area contributed by atoms with Crippen molar-refractivity contribution in [1.82, 2.24) is 0 Å². The van der Waals surface area contributed by atoms with E-state index in [-0.39, 0.29) is 22.1 Å². The Bertz CT molecular complexity index is 1260. The van der Waals surface area contributed by atoms with Crippen molar-refractivity contribution in [2.75, 3.05) is 24.4 Å². The second-order valence-corrected chi connectivity index (χ2v) is 8.68. The minimum Gasteiger partial charge on any atom is -0.484 e. The molecule has 0 amide bonds. The summed E-state index contributed by atoms with van der Waals surface area (Å²) in [4.78, 5) is 23.8. The van der Waals surface area contributed by atoms with Crippen molar-refractivity contribution in [3.05, 3.63) is 69.1 Å². The number of hydrogen-bond donors (Lipinski definition) is 2. The lowest BCUT2D eigenvalue weighted by Gasteiger charge is -2.13. The number of nitro benzene ring substituents is 1. The van der Waals surface area contributed by atoms with E-state index < -0.39 is 29.4 Å². The fourth-order valence-corrected chi connectivity index (χ4v) is 4.51. The average molecular weight is 526 g/mol. The number of methoxy groups -OCH3 is 1. The van der Waals surface area contributed by atoms with Crippen LogP contribution in [0.5, 0.6) is 5.75 Å². The number of hydrogen-bond acceptors (Lipinski definition) is 7. The van der Waals surface area contributed by atoms with Crippen LogP contribution < -0.4 is 15.4 Å². The van der Waals surface area contributed by atoms with Crippen molar-refractivity contribution in [3.63, 3.8) is 0 Å². The highest BCUT2D eigenvalue weighted by Crippen LogP contribution is 2.40. The highest BCUT2D eigenvalue weighted by Gasteiger charge is 2.29. The van der Waals surface area contributed by atoms with Gasteiger partial charge in [-0.2, -0.15) is 13.2 Å². The van der Waals surface area contributed by atoms with Crippen LogP contribution in [-0.2, 0) is 4.74 Å². The second-order valence-electron chi connectivity index (χ2n) is 7.05. The molecule has 3 rings (SSSR count). The molecule has 0 saturated heterocycles. The summed E-state index contributed by atoms with van der Waals surface area (Å²) >= 11 is 6.53. The van der Waals surface area contributed by atoms with Gasteiger partial charge in [-0.3, -0.25) is 10.1 Å². The fraction of sp³-hybridized carbons (Fsp3) is 0.182. The number of non-ortho nitro benzene ring substituents is 1. The minimum atomic E-state index is -4.62. The number of alkyl halides is 3. The van der Waals surface area contributed by atoms with Gasteiger partial charge in [-0.15, -0.1) is 11.3 Å². The van der Waals surface area contributed by atoms with Crippen molar-refractivity contribution in [2.45, 2.75) is 13.1 Å². The molecule has 35 heavy (non-hydrogen) atoms. The van der Waals surface area contributed by atoms with Crippen LogP contribution in [-0.4, -0.2) is 35.9 Å². The number of anilines is 2. The monoisotopic (exact) mass is 525 g/mol. The molecule has 2 aromatic carbocycles. The summed E-state index contributed by atoms with van der Waals surface area (Å²) in [7, 11) is 1.25. The standard InChI is InChI=1S/C22H18F3N3O5S2/c1-12-17(13-6-4-3-5-7-13)18(20(29)32-2)19(35-12)27-21(34)26-14-8-15(28(30)31)10-16(9-14)33-11-22(23,24)25/h3-10H,11H2,1-2H3,(H2,26,27,34). The van der Waals surface area contributed by atoms with Crippen molar-refractivity contribution in [3.8, 4) is 16.9 Å². The van der Waals surface area contributed by atoms with E-state index in [1.54, 1.807) is 0 Å². The SMILES string of the molecule is COC(=O)c1c(NC(=S)Nc2cc(OCC(F)(F)F)cc([N+](=O)[O-])c2)sc(C)c1-c1ccccc1. The van der Waals surface area contributed by atoms with Gasteiger partial charge >= 0.3 is 12.1 Å². The second kappa shape index (κ2) is 10.7. The molecule has 0 spiro atoms. The lowest BCUT2D eigenvalue weighted by atomic mass is 10.0. The maximum Gasteiger partial charge on any atom is 0.422 e. The number of aryl methyl sites for hydroxylation is 1. The number of thiophene rings is 1. The maximum atomic E-state index is 12.6. The Kier molecular flexibility index (Phi) is 7.92. The molecule has 2 N–H and O–H groups in total. The van der Waals surface area contributed by atoms with Crippen LogP contribution in [0.1, 0.15) is 15.2 Å². The number of esters is 1. The number of nitrogens with zero attached hydrogens (tertiary/aromatic N) is 1. The first-order valence-electron chi connectivity index (χ1n) is 9.82. The largest absolute Gasteiger partial charge is 0.484 e. The van der Waals surface area contributed by atoms with E-state index >= 15 is 0 Å². The Labute approximate surface area is 206 Å². The van der Waals surface area contributed by atoms with Crippen LogP contribution in [0.2, 0.25) is 0 Å². The van der Waals surface area contributed by atoms with Crippen LogP contribution >= 0.6 is 23.6 Å². The number of thiocarbonyl (C=S) groups is 1. The summed E-state index contributed by atoms with van der Waals surface area (Å²) in [5.41, 5.74) is 1.22. The highest BCUT2D eigenvalue weighted by molar-refractivity contribution is 7.80. The van der Waals surface area contributed by atoms with Gasteiger partial charge < -0.3 is 20.1 Å². The third kappa shape index (κ3) is 6.67. The zero-order valence-electron chi connectivity index (χ0n) is 18.3. The number of nitro groups is 1. The van der Waals surface area contributed by atoms with Crippen molar-refractivity contribution >= 4 is 51.0 Å². The molecule has 0 aliphatic carbocycles. The summed E-state index contributed by atoms with van der Waals surface area (Å²) in [5, 5.41) is 17.1. The Hall–Kier alpha value is -3.71. The normalized spacial score (nSPS) is 11.0. The van der Waals surface area contributed by atoms with Gasteiger partial charge in [-0.25, -0.2) is 4.79 Å². The van der Waals surface area contributed by atoms with E-state index in [2.05, 4.69) is 15.4 Å². The molecule has 0 aliphatic heterocycles. The van der Waals surface area contributed by atoms with Crippen molar-refractivity contribution in [1.29, 1.82) is 0 Å². The third-order valence-electron chi connectivity index (χ3n) is 4.53. The smallest absolute Gasteiger partial charge is 0.422 e. The van der Waals surface area contributed by atoms with Gasteiger partial charge in [-0.05, 0) is 24.7 Å². The van der Waals surface area contributed by atoms with Gasteiger partial charge in [0.2, 0.25) is 0 Å². The summed E-state index contributed by atoms with van der Waals surface area (Å²) in [6, 6.07) is 12.3. The number of ether oxygens (including phenoxy) is 2. The quantitative estimate of drug-likeness (QED) is 0.163. The van der Waals surface area contributed by atoms with Gasteiger partial charge in [0.05, 0.1) is 23.8 Å². The number of nitrogens with one attached hydrogen (secondary N) is 2. The van der Waals surface area contributed by atoms with E-state index in [9.17, 15) is 28.1 Å². The molecule has 13 heteroatoms. The average Bonchev–Trinajstić information content (AvgIpc) is 3.12. The molecule has 3 aromatic rings. The summed E-state index contributed by atoms with van der Waals surface area (Å²) in [5.74, 6) is -0.966. The molecule has 1 heterocycles. The summed E-state index contributed by atoms with van der Waals surface area (Å²) in [6.45, 7) is 0.210. The Balaban J connectivity index is 1.89. The number of benzene rings is 2. The molecule has 0 bridgehead atoms. The molecule has 184 valence electrons. The summed E-state index contributed by atoms with van der Waals surface area (Å²) in [6.07, 6.45) is -4.62. The van der Waals surface area contributed by atoms with E-state index in [1.807, 2.05) is 37.3 Å². The molecule has 0 unspecified atom stereocenters. The molecule has 0 aliphatic rings. The fourth-order valence-electron chi connectivity index (χ4n) is 3.16. The first-order valence-corrected chi connectivity index (χ1v) is 11.0. The number of halogens is 3. The van der Waals surface area contributed by atoms with E-state index in [0.717, 1.165) is 28.6 Å². The molecule has 8 nitrogen and oxygen atoms in total. The van der Waals surface area contributed by atoms with Crippen LogP contribution in [0.3, 0.4) is 0 Å². The molecule has 0 saturated carbocycles. The van der Waals surface area contributed by atoms with Gasteiger partial charge in [0.15, 0.2) is 11.7 Å². The first kappa shape index (κ1) is 25.9. The van der Waals surface area contributed by atoms with E-state index in [0.29, 0.717) is 10.6 Å². The Morgan fingerprint density at radius 1 is 1.17 bits per heavy atom. The predicted molar refractivity (Wildman–Crippen MR) is 130 cm³/mol. The number of carbonyl (C=O) groups is 1. The predicted octanol–water partition coefficient (Wildman–Crippen LogP) is 6.17.